The molecule has 1 amide bonds. The molecule has 1 saturated carbocycles. The fourth-order valence-corrected chi connectivity index (χ4v) is 3.91. The van der Waals surface area contributed by atoms with Crippen LogP contribution in [0, 0.1) is 5.92 Å². The van der Waals surface area contributed by atoms with Crippen LogP contribution >= 0.6 is 11.3 Å². The molecule has 2 aliphatic rings. The van der Waals surface area contributed by atoms with E-state index in [-0.39, 0.29) is 25.0 Å². The Kier molecular flexibility index (Phi) is 3.94. The molecule has 0 unspecified atom stereocenters. The number of thiophene rings is 1. The zero-order valence-corrected chi connectivity index (χ0v) is 13.9. The lowest BCUT2D eigenvalue weighted by atomic mass is 9.95. The predicted molar refractivity (Wildman–Crippen MR) is 90.3 cm³/mol. The Bertz CT molecular complexity index is 728. The molecule has 126 valence electrons. The highest BCUT2D eigenvalue weighted by Gasteiger charge is 2.46. The highest BCUT2D eigenvalue weighted by Crippen LogP contribution is 2.46. The van der Waals surface area contributed by atoms with Crippen molar-refractivity contribution < 1.29 is 19.4 Å². The number of rotatable bonds is 5. The van der Waals surface area contributed by atoms with E-state index in [4.69, 9.17) is 9.47 Å². The van der Waals surface area contributed by atoms with Gasteiger partial charge in [0.15, 0.2) is 11.5 Å². The van der Waals surface area contributed by atoms with E-state index >= 15 is 0 Å². The van der Waals surface area contributed by atoms with Crippen molar-refractivity contribution in [1.82, 2.24) is 5.32 Å². The largest absolute Gasteiger partial charge is 0.485 e. The number of aliphatic hydroxyl groups is 1. The number of amides is 1. The van der Waals surface area contributed by atoms with Crippen molar-refractivity contribution in [3.63, 3.8) is 0 Å². The maximum absolute atomic E-state index is 12.4. The first-order chi connectivity index (χ1) is 11.7. The van der Waals surface area contributed by atoms with Crippen molar-refractivity contribution in [2.75, 3.05) is 13.2 Å². The Morgan fingerprint density at radius 2 is 2.04 bits per heavy atom. The van der Waals surface area contributed by atoms with Crippen LogP contribution in [0.1, 0.15) is 17.7 Å². The topological polar surface area (TPSA) is 67.8 Å². The first-order valence-electron chi connectivity index (χ1n) is 8.09. The van der Waals surface area contributed by atoms with E-state index in [9.17, 15) is 9.90 Å². The Hall–Kier alpha value is -2.05. The summed E-state index contributed by atoms with van der Waals surface area (Å²) in [4.78, 5) is 13.3. The third-order valence-corrected chi connectivity index (χ3v) is 5.57. The first kappa shape index (κ1) is 15.5. The van der Waals surface area contributed by atoms with Crippen molar-refractivity contribution in [2.45, 2.75) is 24.5 Å². The lowest BCUT2D eigenvalue weighted by molar-refractivity contribution is -0.132. The Balaban J connectivity index is 1.41. The van der Waals surface area contributed by atoms with Crippen LogP contribution in [-0.2, 0) is 10.4 Å². The molecule has 1 fully saturated rings. The molecule has 4 rings (SSSR count). The van der Waals surface area contributed by atoms with Crippen LogP contribution in [0.2, 0.25) is 0 Å². The fraction of sp³-hybridized carbons (Fsp3) is 0.389. The number of benzene rings is 1. The Morgan fingerprint density at radius 3 is 2.75 bits per heavy atom. The van der Waals surface area contributed by atoms with Gasteiger partial charge in [0.2, 0.25) is 6.10 Å². The second kappa shape index (κ2) is 6.11. The second-order valence-corrected chi connectivity index (χ2v) is 7.21. The number of hydrogen-bond acceptors (Lipinski definition) is 5. The molecule has 2 aromatic rings. The Labute approximate surface area is 144 Å². The molecule has 1 aromatic heterocycles. The number of carbonyl (C=O) groups is 1. The number of hydrogen-bond donors (Lipinski definition) is 2. The SMILES string of the molecule is O=C(NC[C@@](O)(c1cccs1)C1CC1)[C@H]1COc2ccccc2O1. The second-order valence-electron chi connectivity index (χ2n) is 6.26. The van der Waals surface area contributed by atoms with Gasteiger partial charge in [-0.3, -0.25) is 4.79 Å². The van der Waals surface area contributed by atoms with Gasteiger partial charge in [0.1, 0.15) is 12.2 Å². The minimum absolute atomic E-state index is 0.170. The maximum atomic E-state index is 12.4. The average Bonchev–Trinajstić information content (AvgIpc) is 3.34. The molecule has 6 heteroatoms. The van der Waals surface area contributed by atoms with Crippen molar-refractivity contribution in [3.05, 3.63) is 46.7 Å². The summed E-state index contributed by atoms with van der Waals surface area (Å²) >= 11 is 1.52. The van der Waals surface area contributed by atoms with E-state index < -0.39 is 11.7 Å². The summed E-state index contributed by atoms with van der Waals surface area (Å²) in [7, 11) is 0. The van der Waals surface area contributed by atoms with Crippen LogP contribution in [0.15, 0.2) is 41.8 Å². The van der Waals surface area contributed by atoms with Crippen LogP contribution in [0.5, 0.6) is 11.5 Å². The minimum Gasteiger partial charge on any atom is -0.485 e. The average molecular weight is 345 g/mol. The highest BCUT2D eigenvalue weighted by atomic mass is 32.1. The number of ether oxygens (including phenoxy) is 2. The first-order valence-corrected chi connectivity index (χ1v) is 8.97. The summed E-state index contributed by atoms with van der Waals surface area (Å²) in [5, 5.41) is 15.8. The molecule has 1 aliphatic heterocycles. The van der Waals surface area contributed by atoms with Crippen LogP contribution < -0.4 is 14.8 Å². The molecular weight excluding hydrogens is 326 g/mol. The lowest BCUT2D eigenvalue weighted by Gasteiger charge is -2.30. The molecule has 2 heterocycles. The van der Waals surface area contributed by atoms with Gasteiger partial charge < -0.3 is 19.9 Å². The third kappa shape index (κ3) is 2.87. The van der Waals surface area contributed by atoms with Gasteiger partial charge in [-0.1, -0.05) is 18.2 Å². The van der Waals surface area contributed by atoms with Gasteiger partial charge in [0.05, 0.1) is 6.54 Å². The van der Waals surface area contributed by atoms with Crippen LogP contribution in [-0.4, -0.2) is 30.3 Å². The normalized spacial score (nSPS) is 21.8. The summed E-state index contributed by atoms with van der Waals surface area (Å²) in [5.41, 5.74) is -0.989. The molecule has 0 saturated heterocycles. The van der Waals surface area contributed by atoms with Gasteiger partial charge in [-0.05, 0) is 42.3 Å². The number of para-hydroxylation sites is 2. The zero-order chi connectivity index (χ0) is 16.6. The van der Waals surface area contributed by atoms with Crippen molar-refractivity contribution in [3.8, 4) is 11.5 Å². The fourth-order valence-electron chi connectivity index (χ4n) is 3.00. The molecule has 5 nitrogen and oxygen atoms in total. The van der Waals surface area contributed by atoms with Crippen LogP contribution in [0.3, 0.4) is 0 Å². The minimum atomic E-state index is -0.989. The maximum Gasteiger partial charge on any atom is 0.264 e. The van der Waals surface area contributed by atoms with Crippen LogP contribution in [0.4, 0.5) is 0 Å². The number of fused-ring (bicyclic) bond motifs is 1. The molecule has 2 atom stereocenters. The van der Waals surface area contributed by atoms with Gasteiger partial charge in [-0.15, -0.1) is 11.3 Å². The van der Waals surface area contributed by atoms with Crippen molar-refractivity contribution >= 4 is 17.2 Å². The quantitative estimate of drug-likeness (QED) is 0.873. The molecule has 24 heavy (non-hydrogen) atoms. The zero-order valence-electron chi connectivity index (χ0n) is 13.1. The van der Waals surface area contributed by atoms with Crippen molar-refractivity contribution in [1.29, 1.82) is 0 Å². The van der Waals surface area contributed by atoms with Crippen LogP contribution in [0.25, 0.3) is 0 Å². The number of carbonyl (C=O) groups excluding carboxylic acids is 1. The molecule has 0 bridgehead atoms. The van der Waals surface area contributed by atoms with E-state index in [1.807, 2.05) is 35.7 Å². The molecule has 0 spiro atoms. The molecule has 1 aliphatic carbocycles. The predicted octanol–water partition coefficient (Wildman–Crippen LogP) is 2.30. The summed E-state index contributed by atoms with van der Waals surface area (Å²) in [6.07, 6.45) is 1.27. The Morgan fingerprint density at radius 1 is 1.25 bits per heavy atom. The monoisotopic (exact) mass is 345 g/mol. The highest BCUT2D eigenvalue weighted by molar-refractivity contribution is 7.10. The van der Waals surface area contributed by atoms with E-state index in [1.54, 1.807) is 6.07 Å². The summed E-state index contributed by atoms with van der Waals surface area (Å²) in [6.45, 7) is 0.363. The summed E-state index contributed by atoms with van der Waals surface area (Å²) in [5.74, 6) is 1.16. The van der Waals surface area contributed by atoms with Gasteiger partial charge in [-0.2, -0.15) is 0 Å². The lowest BCUT2D eigenvalue weighted by Crippen LogP contribution is -2.49. The van der Waals surface area contributed by atoms with E-state index in [1.165, 1.54) is 11.3 Å². The van der Waals surface area contributed by atoms with Gasteiger partial charge in [-0.25, -0.2) is 0 Å². The summed E-state index contributed by atoms with van der Waals surface area (Å²) in [6, 6.07) is 11.1. The van der Waals surface area contributed by atoms with E-state index in [0.717, 1.165) is 17.7 Å². The third-order valence-electron chi connectivity index (χ3n) is 4.53. The van der Waals surface area contributed by atoms with Gasteiger partial charge in [0.25, 0.3) is 5.91 Å². The molecule has 2 N–H and O–H groups in total. The molecule has 0 radical (unpaired) electrons. The van der Waals surface area contributed by atoms with Gasteiger partial charge >= 0.3 is 0 Å². The number of nitrogens with one attached hydrogen (secondary N) is 1. The van der Waals surface area contributed by atoms with Crippen molar-refractivity contribution in [2.24, 2.45) is 5.92 Å². The molecular formula is C18H19NO4S. The smallest absolute Gasteiger partial charge is 0.264 e. The summed E-state index contributed by atoms with van der Waals surface area (Å²) < 4.78 is 11.3. The van der Waals surface area contributed by atoms with E-state index in [0.29, 0.717) is 11.5 Å². The molecule has 1 aromatic carbocycles. The van der Waals surface area contributed by atoms with E-state index in [2.05, 4.69) is 5.32 Å². The van der Waals surface area contributed by atoms with Gasteiger partial charge in [0, 0.05) is 4.88 Å². The standard InChI is InChI=1S/C18H19NO4S/c20-17(15-10-22-13-4-1-2-5-14(13)23-15)19-11-18(21,12-7-8-12)16-6-3-9-24-16/h1-6,9,12,15,21H,7-8,10-11H2,(H,19,20)/t15-,18+/m1/s1.